The van der Waals surface area contributed by atoms with E-state index in [1.807, 2.05) is 22.6 Å². The van der Waals surface area contributed by atoms with Crippen LogP contribution in [0.3, 0.4) is 0 Å². The van der Waals surface area contributed by atoms with Crippen LogP contribution < -0.4 is 11.2 Å². The van der Waals surface area contributed by atoms with Gasteiger partial charge in [0, 0.05) is 26.5 Å². The molecule has 0 radical (unpaired) electrons. The molecule has 0 saturated heterocycles. The highest BCUT2D eigenvalue weighted by atomic mass is 127. The number of nitrogens with zero attached hydrogens (tertiary/aromatic N) is 4. The van der Waals surface area contributed by atoms with Gasteiger partial charge in [-0.15, -0.1) is 0 Å². The van der Waals surface area contributed by atoms with Crippen LogP contribution in [0.25, 0.3) is 0 Å². The SMILES string of the molecule is Cn1ccc(Cn2c(=O)c(I)cn(C)c2=O)n1. The highest BCUT2D eigenvalue weighted by Crippen LogP contribution is 1.97. The standard InChI is InChI=1S/C10H11IN4O2/c1-13-6-8(11)9(16)15(10(13)17)5-7-3-4-14(2)12-7/h3-4,6H,5H2,1-2H3. The van der Waals surface area contributed by atoms with Crippen LogP contribution in [0.5, 0.6) is 0 Å². The molecular weight excluding hydrogens is 335 g/mol. The molecule has 0 saturated carbocycles. The molecule has 2 aromatic heterocycles. The van der Waals surface area contributed by atoms with Crippen molar-refractivity contribution in [2.75, 3.05) is 0 Å². The van der Waals surface area contributed by atoms with Crippen LogP contribution in [0.2, 0.25) is 0 Å². The lowest BCUT2D eigenvalue weighted by Crippen LogP contribution is -2.40. The second-order valence-electron chi connectivity index (χ2n) is 3.74. The molecule has 0 aromatic carbocycles. The maximum Gasteiger partial charge on any atom is 0.331 e. The summed E-state index contributed by atoms with van der Waals surface area (Å²) in [4.78, 5) is 23.7. The normalized spacial score (nSPS) is 10.8. The number of hydrogen-bond acceptors (Lipinski definition) is 3. The van der Waals surface area contributed by atoms with Crippen molar-refractivity contribution in [2.45, 2.75) is 6.54 Å². The van der Waals surface area contributed by atoms with E-state index in [0.29, 0.717) is 9.26 Å². The van der Waals surface area contributed by atoms with Gasteiger partial charge in [-0.1, -0.05) is 0 Å². The highest BCUT2D eigenvalue weighted by Gasteiger charge is 2.09. The van der Waals surface area contributed by atoms with Crippen LogP contribution in [0.15, 0.2) is 28.0 Å². The van der Waals surface area contributed by atoms with Crippen LogP contribution in [0.1, 0.15) is 5.69 Å². The van der Waals surface area contributed by atoms with Gasteiger partial charge in [0.1, 0.15) is 0 Å². The van der Waals surface area contributed by atoms with Gasteiger partial charge in [-0.3, -0.25) is 14.0 Å². The molecule has 0 aliphatic rings. The lowest BCUT2D eigenvalue weighted by molar-refractivity contribution is 0.615. The first-order valence-electron chi connectivity index (χ1n) is 4.93. The summed E-state index contributed by atoms with van der Waals surface area (Å²) in [7, 11) is 3.41. The molecule has 0 bridgehead atoms. The Kier molecular flexibility index (Phi) is 3.18. The largest absolute Gasteiger partial charge is 0.331 e. The molecule has 2 rings (SSSR count). The van der Waals surface area contributed by atoms with E-state index < -0.39 is 0 Å². The van der Waals surface area contributed by atoms with Crippen molar-refractivity contribution in [3.05, 3.63) is 48.6 Å². The molecule has 0 unspecified atom stereocenters. The van der Waals surface area contributed by atoms with Gasteiger partial charge in [0.05, 0.1) is 15.8 Å². The molecule has 0 amide bonds. The first-order chi connectivity index (χ1) is 7.99. The summed E-state index contributed by atoms with van der Waals surface area (Å²) in [5, 5.41) is 4.15. The molecule has 2 aromatic rings. The van der Waals surface area contributed by atoms with E-state index in [2.05, 4.69) is 5.10 Å². The predicted octanol–water partition coefficient (Wildman–Crippen LogP) is -0.0666. The van der Waals surface area contributed by atoms with Crippen molar-refractivity contribution in [3.8, 4) is 0 Å². The maximum atomic E-state index is 11.9. The van der Waals surface area contributed by atoms with Gasteiger partial charge in [-0.05, 0) is 28.7 Å². The number of aromatic nitrogens is 4. The molecule has 17 heavy (non-hydrogen) atoms. The Morgan fingerprint density at radius 2 is 2.06 bits per heavy atom. The molecule has 0 aliphatic carbocycles. The number of hydrogen-bond donors (Lipinski definition) is 0. The maximum absolute atomic E-state index is 11.9. The Bertz CT molecular complexity index is 633. The van der Waals surface area contributed by atoms with Crippen molar-refractivity contribution in [2.24, 2.45) is 14.1 Å². The molecule has 90 valence electrons. The Hall–Kier alpha value is -1.38. The Balaban J connectivity index is 2.53. The molecule has 6 nitrogen and oxygen atoms in total. The van der Waals surface area contributed by atoms with Gasteiger partial charge in [-0.2, -0.15) is 5.10 Å². The predicted molar refractivity (Wildman–Crippen MR) is 71.0 cm³/mol. The van der Waals surface area contributed by atoms with Gasteiger partial charge in [0.2, 0.25) is 0 Å². The number of aryl methyl sites for hydroxylation is 2. The number of rotatable bonds is 2. The van der Waals surface area contributed by atoms with Crippen LogP contribution in [0, 0.1) is 3.57 Å². The van der Waals surface area contributed by atoms with E-state index >= 15 is 0 Å². The summed E-state index contributed by atoms with van der Waals surface area (Å²) >= 11 is 1.92. The summed E-state index contributed by atoms with van der Waals surface area (Å²) in [6, 6.07) is 1.78. The Morgan fingerprint density at radius 1 is 1.35 bits per heavy atom. The molecule has 7 heteroatoms. The molecule has 0 aliphatic heterocycles. The summed E-state index contributed by atoms with van der Waals surface area (Å²) in [5.41, 5.74) is 0.0779. The van der Waals surface area contributed by atoms with Crippen molar-refractivity contribution in [1.29, 1.82) is 0 Å². The summed E-state index contributed by atoms with van der Waals surface area (Å²) in [6.07, 6.45) is 3.30. The fraction of sp³-hybridized carbons (Fsp3) is 0.300. The number of halogens is 1. The lowest BCUT2D eigenvalue weighted by Gasteiger charge is -2.05. The smallest absolute Gasteiger partial charge is 0.302 e. The molecular formula is C10H11IN4O2. The molecule has 0 fully saturated rings. The zero-order chi connectivity index (χ0) is 12.6. The van der Waals surface area contributed by atoms with Crippen LogP contribution in [-0.2, 0) is 20.6 Å². The molecule has 0 atom stereocenters. The molecule has 0 N–H and O–H groups in total. The fourth-order valence-corrected chi connectivity index (χ4v) is 2.24. The van der Waals surface area contributed by atoms with Crippen LogP contribution in [0.4, 0.5) is 0 Å². The van der Waals surface area contributed by atoms with Crippen molar-refractivity contribution in [3.63, 3.8) is 0 Å². The lowest BCUT2D eigenvalue weighted by atomic mass is 10.4. The minimum Gasteiger partial charge on any atom is -0.302 e. The van der Waals surface area contributed by atoms with Gasteiger partial charge in [-0.25, -0.2) is 4.79 Å². The average molecular weight is 346 g/mol. The summed E-state index contributed by atoms with van der Waals surface area (Å²) in [5.74, 6) is 0. The average Bonchev–Trinajstić information content (AvgIpc) is 2.68. The zero-order valence-electron chi connectivity index (χ0n) is 9.42. The van der Waals surface area contributed by atoms with Gasteiger partial charge in [0.25, 0.3) is 5.56 Å². The minimum atomic E-state index is -0.332. The molecule has 2 heterocycles. The van der Waals surface area contributed by atoms with Gasteiger partial charge < -0.3 is 4.57 Å². The quantitative estimate of drug-likeness (QED) is 0.716. The first kappa shape index (κ1) is 12.1. The topological polar surface area (TPSA) is 61.8 Å². The zero-order valence-corrected chi connectivity index (χ0v) is 11.6. The third kappa shape index (κ3) is 2.33. The van der Waals surface area contributed by atoms with E-state index in [0.717, 1.165) is 0 Å². The summed E-state index contributed by atoms with van der Waals surface area (Å²) < 4.78 is 4.73. The van der Waals surface area contributed by atoms with Crippen molar-refractivity contribution < 1.29 is 0 Å². The van der Waals surface area contributed by atoms with Crippen LogP contribution in [-0.4, -0.2) is 18.9 Å². The van der Waals surface area contributed by atoms with Crippen LogP contribution >= 0.6 is 22.6 Å². The first-order valence-corrected chi connectivity index (χ1v) is 6.01. The second-order valence-corrected chi connectivity index (χ2v) is 4.90. The van der Waals surface area contributed by atoms with E-state index in [4.69, 9.17) is 0 Å². The third-order valence-electron chi connectivity index (χ3n) is 2.38. The van der Waals surface area contributed by atoms with E-state index in [1.54, 1.807) is 31.0 Å². The monoisotopic (exact) mass is 346 g/mol. The van der Waals surface area contributed by atoms with Gasteiger partial charge in [0.15, 0.2) is 0 Å². The van der Waals surface area contributed by atoms with Crippen molar-refractivity contribution in [1.82, 2.24) is 18.9 Å². The van der Waals surface area contributed by atoms with E-state index in [9.17, 15) is 9.59 Å². The Labute approximate surface area is 111 Å². The Morgan fingerprint density at radius 3 is 2.65 bits per heavy atom. The third-order valence-corrected chi connectivity index (χ3v) is 3.12. The minimum absolute atomic E-state index is 0.198. The fourth-order valence-electron chi connectivity index (χ4n) is 1.54. The highest BCUT2D eigenvalue weighted by molar-refractivity contribution is 14.1. The van der Waals surface area contributed by atoms with Gasteiger partial charge >= 0.3 is 5.69 Å². The second kappa shape index (κ2) is 4.47. The van der Waals surface area contributed by atoms with E-state index in [-0.39, 0.29) is 17.8 Å². The van der Waals surface area contributed by atoms with Crippen molar-refractivity contribution >= 4 is 22.6 Å². The summed E-state index contributed by atoms with van der Waals surface area (Å²) in [6.45, 7) is 0.198. The van der Waals surface area contributed by atoms with E-state index in [1.165, 1.54) is 15.3 Å². The molecule has 0 spiro atoms.